The summed E-state index contributed by atoms with van der Waals surface area (Å²) in [6.07, 6.45) is 0.310. The van der Waals surface area contributed by atoms with Gasteiger partial charge in [0.25, 0.3) is 0 Å². The number of hydrogen-bond acceptors (Lipinski definition) is 2. The van der Waals surface area contributed by atoms with Crippen molar-refractivity contribution in [2.45, 2.75) is 39.4 Å². The molecule has 0 aromatic carbocycles. The van der Waals surface area contributed by atoms with Crippen LogP contribution in [-0.2, 0) is 4.74 Å². The molecule has 2 nitrogen and oxygen atoms in total. The van der Waals surface area contributed by atoms with Crippen LogP contribution in [0, 0.1) is 0 Å². The van der Waals surface area contributed by atoms with Crippen LogP contribution >= 0.6 is 0 Å². The number of hydrogen-bond donors (Lipinski definition) is 0. The smallest absolute Gasteiger partial charge is 0.0680 e. The summed E-state index contributed by atoms with van der Waals surface area (Å²) < 4.78 is 5.71. The van der Waals surface area contributed by atoms with Crippen molar-refractivity contribution in [3.8, 4) is 0 Å². The molecule has 0 bridgehead atoms. The van der Waals surface area contributed by atoms with Crippen molar-refractivity contribution in [2.24, 2.45) is 0 Å². The summed E-state index contributed by atoms with van der Waals surface area (Å²) in [7, 11) is 4.12. The Morgan fingerprint density at radius 1 is 1.27 bits per heavy atom. The second-order valence-electron chi connectivity index (χ2n) is 4.30. The maximum atomic E-state index is 5.71. The van der Waals surface area contributed by atoms with Crippen LogP contribution in [0.25, 0.3) is 0 Å². The molecule has 0 saturated carbocycles. The van der Waals surface area contributed by atoms with Gasteiger partial charge in [-0.05, 0) is 41.8 Å². The molecule has 0 rings (SSSR count). The van der Waals surface area contributed by atoms with E-state index < -0.39 is 0 Å². The lowest BCUT2D eigenvalue weighted by Crippen LogP contribution is -2.32. The summed E-state index contributed by atoms with van der Waals surface area (Å²) in [6.45, 7) is 9.33. The zero-order chi connectivity index (χ0) is 9.07. The van der Waals surface area contributed by atoms with Gasteiger partial charge in [-0.1, -0.05) is 0 Å². The van der Waals surface area contributed by atoms with E-state index in [4.69, 9.17) is 4.74 Å². The lowest BCUT2D eigenvalue weighted by molar-refractivity contribution is -0.0587. The van der Waals surface area contributed by atoms with Gasteiger partial charge in [0, 0.05) is 6.54 Å². The summed E-state index contributed by atoms with van der Waals surface area (Å²) in [5.74, 6) is 0. The van der Waals surface area contributed by atoms with Crippen LogP contribution in [0.1, 0.15) is 27.7 Å². The standard InChI is InChI=1S/C9H21NO/c1-8(7-10(5)6)11-9(2,3)4/h8H,7H2,1-6H3/t8-/m1/s1. The van der Waals surface area contributed by atoms with Gasteiger partial charge >= 0.3 is 0 Å². The first kappa shape index (κ1) is 10.9. The number of likely N-dealkylation sites (N-methyl/N-ethyl adjacent to an activating group) is 1. The van der Waals surface area contributed by atoms with Crippen molar-refractivity contribution in [2.75, 3.05) is 20.6 Å². The highest BCUT2D eigenvalue weighted by Gasteiger charge is 2.14. The fourth-order valence-corrected chi connectivity index (χ4v) is 1.16. The average Bonchev–Trinajstić information content (AvgIpc) is 1.53. The van der Waals surface area contributed by atoms with E-state index >= 15 is 0 Å². The first-order chi connectivity index (χ1) is 4.81. The van der Waals surface area contributed by atoms with Crippen LogP contribution in [0.3, 0.4) is 0 Å². The molecule has 68 valence electrons. The molecule has 1 atom stereocenters. The Labute approximate surface area is 70.5 Å². The minimum absolute atomic E-state index is 0.0184. The first-order valence-corrected chi connectivity index (χ1v) is 4.14. The molecular weight excluding hydrogens is 138 g/mol. The predicted molar refractivity (Wildman–Crippen MR) is 48.9 cm³/mol. The summed E-state index contributed by atoms with van der Waals surface area (Å²) in [5.41, 5.74) is -0.0184. The molecule has 0 saturated heterocycles. The third-order valence-electron chi connectivity index (χ3n) is 1.18. The van der Waals surface area contributed by atoms with Gasteiger partial charge < -0.3 is 9.64 Å². The van der Waals surface area contributed by atoms with Crippen LogP contribution in [0.4, 0.5) is 0 Å². The monoisotopic (exact) mass is 159 g/mol. The van der Waals surface area contributed by atoms with Crippen molar-refractivity contribution >= 4 is 0 Å². The summed E-state index contributed by atoms with van der Waals surface area (Å²) in [6, 6.07) is 0. The maximum absolute atomic E-state index is 5.71. The van der Waals surface area contributed by atoms with Gasteiger partial charge in [0.15, 0.2) is 0 Å². The van der Waals surface area contributed by atoms with Crippen molar-refractivity contribution in [3.05, 3.63) is 0 Å². The molecule has 0 radical (unpaired) electrons. The minimum Gasteiger partial charge on any atom is -0.372 e. The van der Waals surface area contributed by atoms with Crippen LogP contribution in [0.5, 0.6) is 0 Å². The van der Waals surface area contributed by atoms with Gasteiger partial charge in [0.2, 0.25) is 0 Å². The topological polar surface area (TPSA) is 12.5 Å². The molecule has 0 amide bonds. The highest BCUT2D eigenvalue weighted by atomic mass is 16.5. The Balaban J connectivity index is 3.61. The molecular formula is C9H21NO. The van der Waals surface area contributed by atoms with Crippen molar-refractivity contribution in [1.29, 1.82) is 0 Å². The molecule has 0 heterocycles. The fraction of sp³-hybridized carbons (Fsp3) is 1.00. The molecule has 0 fully saturated rings. The van der Waals surface area contributed by atoms with Gasteiger partial charge in [-0.3, -0.25) is 0 Å². The van der Waals surface area contributed by atoms with E-state index in [2.05, 4.69) is 46.7 Å². The molecule has 0 spiro atoms. The normalized spacial score (nSPS) is 15.5. The Hall–Kier alpha value is -0.0800. The molecule has 0 unspecified atom stereocenters. The van der Waals surface area contributed by atoms with Crippen LogP contribution in [0.2, 0.25) is 0 Å². The largest absolute Gasteiger partial charge is 0.372 e. The van der Waals surface area contributed by atoms with Crippen LogP contribution in [0.15, 0.2) is 0 Å². The zero-order valence-corrected chi connectivity index (χ0v) is 8.64. The molecule has 0 aliphatic heterocycles. The molecule has 11 heavy (non-hydrogen) atoms. The number of rotatable bonds is 3. The summed E-state index contributed by atoms with van der Waals surface area (Å²) >= 11 is 0. The molecule has 0 aliphatic rings. The van der Waals surface area contributed by atoms with Crippen molar-refractivity contribution in [1.82, 2.24) is 4.90 Å². The Morgan fingerprint density at radius 2 is 1.73 bits per heavy atom. The Kier molecular flexibility index (Phi) is 4.04. The van der Waals surface area contributed by atoms with E-state index in [9.17, 15) is 0 Å². The lowest BCUT2D eigenvalue weighted by atomic mass is 10.2. The average molecular weight is 159 g/mol. The summed E-state index contributed by atoms with van der Waals surface area (Å²) in [4.78, 5) is 2.14. The third-order valence-corrected chi connectivity index (χ3v) is 1.18. The van der Waals surface area contributed by atoms with Crippen LogP contribution in [-0.4, -0.2) is 37.2 Å². The van der Waals surface area contributed by atoms with Gasteiger partial charge in [-0.15, -0.1) is 0 Å². The Morgan fingerprint density at radius 3 is 2.00 bits per heavy atom. The van der Waals surface area contributed by atoms with Crippen LogP contribution < -0.4 is 0 Å². The molecule has 0 N–H and O–H groups in total. The first-order valence-electron chi connectivity index (χ1n) is 4.14. The third kappa shape index (κ3) is 7.82. The zero-order valence-electron chi connectivity index (χ0n) is 8.64. The second kappa shape index (κ2) is 4.07. The van der Waals surface area contributed by atoms with Gasteiger partial charge in [-0.2, -0.15) is 0 Å². The molecule has 0 aromatic heterocycles. The number of ether oxygens (including phenoxy) is 1. The van der Waals surface area contributed by atoms with E-state index in [0.717, 1.165) is 6.54 Å². The molecule has 0 aromatic rings. The molecule has 2 heteroatoms. The quantitative estimate of drug-likeness (QED) is 0.622. The second-order valence-corrected chi connectivity index (χ2v) is 4.30. The van der Waals surface area contributed by atoms with E-state index in [-0.39, 0.29) is 5.60 Å². The van der Waals surface area contributed by atoms with Crippen molar-refractivity contribution < 1.29 is 4.74 Å². The predicted octanol–water partition coefficient (Wildman–Crippen LogP) is 1.75. The highest BCUT2D eigenvalue weighted by Crippen LogP contribution is 2.10. The SMILES string of the molecule is C[C@H](CN(C)C)OC(C)(C)C. The number of nitrogens with zero attached hydrogens (tertiary/aromatic N) is 1. The lowest BCUT2D eigenvalue weighted by Gasteiger charge is -2.26. The van der Waals surface area contributed by atoms with Gasteiger partial charge in [-0.25, -0.2) is 0 Å². The van der Waals surface area contributed by atoms with E-state index in [0.29, 0.717) is 6.10 Å². The van der Waals surface area contributed by atoms with E-state index in [1.54, 1.807) is 0 Å². The fourth-order valence-electron chi connectivity index (χ4n) is 1.16. The Bertz CT molecular complexity index is 105. The van der Waals surface area contributed by atoms with Crippen molar-refractivity contribution in [3.63, 3.8) is 0 Å². The van der Waals surface area contributed by atoms with E-state index in [1.807, 2.05) is 0 Å². The van der Waals surface area contributed by atoms with Gasteiger partial charge in [0.05, 0.1) is 11.7 Å². The van der Waals surface area contributed by atoms with Gasteiger partial charge in [0.1, 0.15) is 0 Å². The maximum Gasteiger partial charge on any atom is 0.0680 e. The summed E-state index contributed by atoms with van der Waals surface area (Å²) in [5, 5.41) is 0. The highest BCUT2D eigenvalue weighted by molar-refractivity contribution is 4.64. The van der Waals surface area contributed by atoms with E-state index in [1.165, 1.54) is 0 Å². The minimum atomic E-state index is -0.0184. The molecule has 0 aliphatic carbocycles.